The van der Waals surface area contributed by atoms with Crippen molar-refractivity contribution in [3.05, 3.63) is 264 Å². The van der Waals surface area contributed by atoms with E-state index < -0.39 is 5.41 Å². The Bertz CT molecular complexity index is 3530. The van der Waals surface area contributed by atoms with Gasteiger partial charge in [0, 0.05) is 39.4 Å². The molecule has 14 rings (SSSR count). The van der Waals surface area contributed by atoms with E-state index in [1.54, 1.807) is 0 Å². The van der Waals surface area contributed by atoms with Gasteiger partial charge in [-0.3, -0.25) is 0 Å². The average molecular weight is 871 g/mol. The zero-order valence-electron chi connectivity index (χ0n) is 38.0. The first-order chi connectivity index (χ1) is 33.7. The topological polar surface area (TPSA) is 6.48 Å². The number of para-hydroxylation sites is 2. The molecule has 0 aliphatic heterocycles. The van der Waals surface area contributed by atoms with E-state index in [1.807, 2.05) is 0 Å². The van der Waals surface area contributed by atoms with Crippen molar-refractivity contribution < 1.29 is 0 Å². The Morgan fingerprint density at radius 3 is 1.47 bits per heavy atom. The molecule has 4 unspecified atom stereocenters. The van der Waals surface area contributed by atoms with Gasteiger partial charge in [0.15, 0.2) is 0 Å². The van der Waals surface area contributed by atoms with Crippen LogP contribution in [0.2, 0.25) is 0 Å². The molecule has 2 heteroatoms. The summed E-state index contributed by atoms with van der Waals surface area (Å²) in [4.78, 5) is 4.99. The third-order valence-corrected chi connectivity index (χ3v) is 16.1. The number of benzene rings is 10. The van der Waals surface area contributed by atoms with Gasteiger partial charge in [-0.05, 0) is 159 Å². The molecule has 0 amide bonds. The summed E-state index contributed by atoms with van der Waals surface area (Å²) in [5, 5.41) is 2.42. The second-order valence-corrected chi connectivity index (χ2v) is 19.6. The Morgan fingerprint density at radius 2 is 0.853 bits per heavy atom. The highest BCUT2D eigenvalue weighted by molar-refractivity contribution is 6.07. The molecule has 10 aromatic rings. The summed E-state index contributed by atoms with van der Waals surface area (Å²) in [7, 11) is 0. The number of fused-ring (bicyclic) bond motifs is 13. The van der Waals surface area contributed by atoms with E-state index in [4.69, 9.17) is 0 Å². The smallest absolute Gasteiger partial charge is 0.0727 e. The van der Waals surface area contributed by atoms with Crippen molar-refractivity contribution in [2.45, 2.75) is 37.0 Å². The normalized spacial score (nSPS) is 19.1. The maximum absolute atomic E-state index is 2.53. The van der Waals surface area contributed by atoms with Crippen molar-refractivity contribution in [3.63, 3.8) is 0 Å². The Balaban J connectivity index is 0.996. The molecular weight excluding hydrogens is 821 g/mol. The SMILES string of the molecule is c1ccc(-c2ccc3ccccc3c2N(c2ccccc2)c2ccc3c(c2)C2(c4ccccc4-c4ccc(N(c5ccccc5)c5ccc(C6CC7CCC6C7)cc5)cc42)c2ccccc2-3)cc1. The van der Waals surface area contributed by atoms with Gasteiger partial charge in [0.25, 0.3) is 0 Å². The van der Waals surface area contributed by atoms with E-state index in [2.05, 4.69) is 246 Å². The quantitative estimate of drug-likeness (QED) is 0.150. The zero-order chi connectivity index (χ0) is 44.8. The molecule has 68 heavy (non-hydrogen) atoms. The van der Waals surface area contributed by atoms with Crippen LogP contribution in [0.4, 0.5) is 34.1 Å². The maximum Gasteiger partial charge on any atom is 0.0727 e. The third-order valence-electron chi connectivity index (χ3n) is 16.1. The van der Waals surface area contributed by atoms with E-state index >= 15 is 0 Å². The minimum atomic E-state index is -0.568. The fraction of sp³-hybridized carbons (Fsp3) is 0.121. The Morgan fingerprint density at radius 1 is 0.353 bits per heavy atom. The van der Waals surface area contributed by atoms with Gasteiger partial charge >= 0.3 is 0 Å². The van der Waals surface area contributed by atoms with Crippen LogP contribution in [0.3, 0.4) is 0 Å². The van der Waals surface area contributed by atoms with Gasteiger partial charge in [-0.2, -0.15) is 0 Å². The molecule has 4 atom stereocenters. The predicted octanol–water partition coefficient (Wildman–Crippen LogP) is 17.7. The predicted molar refractivity (Wildman–Crippen MR) is 283 cm³/mol. The molecule has 0 N–H and O–H groups in total. The molecular formula is C66H50N2. The lowest BCUT2D eigenvalue weighted by Crippen LogP contribution is -2.26. The molecule has 10 aromatic carbocycles. The molecule has 0 radical (unpaired) electrons. The van der Waals surface area contributed by atoms with Crippen LogP contribution in [0.5, 0.6) is 0 Å². The highest BCUT2D eigenvalue weighted by Crippen LogP contribution is 2.64. The van der Waals surface area contributed by atoms with Crippen LogP contribution < -0.4 is 9.80 Å². The molecule has 4 aliphatic rings. The minimum Gasteiger partial charge on any atom is -0.310 e. The molecule has 2 bridgehead atoms. The van der Waals surface area contributed by atoms with Crippen molar-refractivity contribution in [1.82, 2.24) is 0 Å². The molecule has 0 saturated heterocycles. The van der Waals surface area contributed by atoms with Crippen LogP contribution in [0.15, 0.2) is 237 Å². The Hall–Kier alpha value is -7.94. The van der Waals surface area contributed by atoms with Gasteiger partial charge in [0.2, 0.25) is 0 Å². The second kappa shape index (κ2) is 15.6. The Labute approximate surface area is 399 Å². The molecule has 2 saturated carbocycles. The molecule has 4 aliphatic carbocycles. The summed E-state index contributed by atoms with van der Waals surface area (Å²) in [5.74, 6) is 2.46. The van der Waals surface area contributed by atoms with Crippen LogP contribution >= 0.6 is 0 Å². The van der Waals surface area contributed by atoms with E-state index in [1.165, 1.54) is 109 Å². The number of rotatable bonds is 8. The number of hydrogen-bond donors (Lipinski definition) is 0. The molecule has 324 valence electrons. The van der Waals surface area contributed by atoms with Crippen molar-refractivity contribution in [2.75, 3.05) is 9.80 Å². The lowest BCUT2D eigenvalue weighted by molar-refractivity contribution is 0.420. The van der Waals surface area contributed by atoms with Crippen molar-refractivity contribution in [1.29, 1.82) is 0 Å². The summed E-state index contributed by atoms with van der Waals surface area (Å²) < 4.78 is 0. The summed E-state index contributed by atoms with van der Waals surface area (Å²) in [5.41, 5.74) is 20.7. The van der Waals surface area contributed by atoms with Gasteiger partial charge in [0.05, 0.1) is 11.1 Å². The standard InChI is InChI=1S/C66H50N2/c1-4-16-45(17-5-1)55-37-32-46-18-10-11-23-54(46)65(55)68(50-21-8-3-9-22-50)53-36-39-59-57-25-13-15-27-62(57)66(64(59)43-53)61-26-14-12-24-56(61)58-38-35-52(42-63(58)66)67(49-19-6-2-7-20-49)51-33-30-47(31-34-51)60-41-44-28-29-48(60)40-44/h1-27,30-39,42-44,48,60H,28-29,40-41H2. The first-order valence-corrected chi connectivity index (χ1v) is 24.6. The van der Waals surface area contributed by atoms with Crippen LogP contribution in [0.1, 0.15) is 59.4 Å². The average Bonchev–Trinajstić information content (AvgIpc) is 4.19. The molecule has 1 spiro atoms. The molecule has 0 heterocycles. The van der Waals surface area contributed by atoms with Crippen LogP contribution in [-0.2, 0) is 5.41 Å². The lowest BCUT2D eigenvalue weighted by Gasteiger charge is -2.34. The van der Waals surface area contributed by atoms with Gasteiger partial charge in [-0.25, -0.2) is 0 Å². The molecule has 0 aromatic heterocycles. The maximum atomic E-state index is 2.53. The summed E-state index contributed by atoms with van der Waals surface area (Å²) in [6.07, 6.45) is 5.58. The summed E-state index contributed by atoms with van der Waals surface area (Å²) >= 11 is 0. The largest absolute Gasteiger partial charge is 0.310 e. The number of nitrogens with zero attached hydrogens (tertiary/aromatic N) is 2. The van der Waals surface area contributed by atoms with Crippen LogP contribution in [0, 0.1) is 11.8 Å². The fourth-order valence-electron chi connectivity index (χ4n) is 13.3. The first-order valence-electron chi connectivity index (χ1n) is 24.6. The molecule has 2 nitrogen and oxygen atoms in total. The highest BCUT2D eigenvalue weighted by atomic mass is 15.2. The van der Waals surface area contributed by atoms with Gasteiger partial charge in [0.1, 0.15) is 0 Å². The van der Waals surface area contributed by atoms with Crippen molar-refractivity contribution >= 4 is 44.9 Å². The summed E-state index contributed by atoms with van der Waals surface area (Å²) in [6, 6.07) is 88.8. The van der Waals surface area contributed by atoms with E-state index in [9.17, 15) is 0 Å². The van der Waals surface area contributed by atoms with Crippen LogP contribution in [0.25, 0.3) is 44.2 Å². The number of anilines is 6. The fourth-order valence-corrected chi connectivity index (χ4v) is 13.3. The third kappa shape index (κ3) is 5.90. The van der Waals surface area contributed by atoms with Crippen LogP contribution in [-0.4, -0.2) is 0 Å². The number of hydrogen-bond acceptors (Lipinski definition) is 2. The summed E-state index contributed by atoms with van der Waals surface area (Å²) in [6.45, 7) is 0. The second-order valence-electron chi connectivity index (χ2n) is 19.6. The lowest BCUT2D eigenvalue weighted by atomic mass is 9.70. The van der Waals surface area contributed by atoms with Gasteiger partial charge in [-0.1, -0.05) is 182 Å². The van der Waals surface area contributed by atoms with E-state index in [0.29, 0.717) is 5.92 Å². The van der Waals surface area contributed by atoms with Crippen molar-refractivity contribution in [2.24, 2.45) is 11.8 Å². The Kier molecular flexibility index (Phi) is 8.99. The van der Waals surface area contributed by atoms with Gasteiger partial charge in [-0.15, -0.1) is 0 Å². The molecule has 2 fully saturated rings. The first kappa shape index (κ1) is 39.2. The minimum absolute atomic E-state index is 0.568. The monoisotopic (exact) mass is 870 g/mol. The van der Waals surface area contributed by atoms with Crippen molar-refractivity contribution in [3.8, 4) is 33.4 Å². The van der Waals surface area contributed by atoms with Gasteiger partial charge < -0.3 is 9.80 Å². The van der Waals surface area contributed by atoms with E-state index in [0.717, 1.165) is 34.6 Å². The highest BCUT2D eigenvalue weighted by Gasteiger charge is 2.52. The zero-order valence-corrected chi connectivity index (χ0v) is 38.0. The van der Waals surface area contributed by atoms with E-state index in [-0.39, 0.29) is 0 Å².